The lowest BCUT2D eigenvalue weighted by molar-refractivity contribution is 0.0985. The smallest absolute Gasteiger partial charge is 0.258 e. The molecule has 2 aliphatic heterocycles. The van der Waals surface area contributed by atoms with Crippen LogP contribution in [-0.4, -0.2) is 5.91 Å². The Kier molecular flexibility index (Phi) is 5.51. The molecular weight excluding hydrogens is 428 g/mol. The molecule has 0 spiro atoms. The highest BCUT2D eigenvalue weighted by Gasteiger charge is 2.25. The number of allylic oxidation sites excluding steroid dienone is 2. The summed E-state index contributed by atoms with van der Waals surface area (Å²) in [6.45, 7) is 0.573. The maximum Gasteiger partial charge on any atom is 0.258 e. The zero-order valence-electron chi connectivity index (χ0n) is 19.4. The fourth-order valence-electron chi connectivity index (χ4n) is 5.05. The molecule has 0 N–H and O–H groups in total. The molecule has 4 aromatic rings. The van der Waals surface area contributed by atoms with E-state index in [0.29, 0.717) is 12.1 Å². The summed E-state index contributed by atoms with van der Waals surface area (Å²) in [4.78, 5) is 17.9. The third-order valence-corrected chi connectivity index (χ3v) is 6.86. The molecule has 0 aromatic heterocycles. The second-order valence-electron chi connectivity index (χ2n) is 9.00. The van der Waals surface area contributed by atoms with Crippen molar-refractivity contribution in [2.75, 3.05) is 9.80 Å². The van der Waals surface area contributed by atoms with Crippen molar-refractivity contribution < 1.29 is 4.79 Å². The molecule has 0 fully saturated rings. The van der Waals surface area contributed by atoms with Crippen molar-refractivity contribution in [1.29, 1.82) is 0 Å². The van der Waals surface area contributed by atoms with Gasteiger partial charge in [-0.05, 0) is 65.1 Å². The van der Waals surface area contributed by atoms with Crippen molar-refractivity contribution >= 4 is 17.3 Å². The third-order valence-electron chi connectivity index (χ3n) is 6.86. The minimum absolute atomic E-state index is 0.0226. The Morgan fingerprint density at radius 2 is 1.37 bits per heavy atom. The van der Waals surface area contributed by atoms with E-state index in [0.717, 1.165) is 17.8 Å². The molecule has 1 unspecified atom stereocenters. The van der Waals surface area contributed by atoms with Crippen LogP contribution in [0.1, 0.15) is 38.7 Å². The van der Waals surface area contributed by atoms with Crippen molar-refractivity contribution in [3.63, 3.8) is 0 Å². The van der Waals surface area contributed by atoms with Crippen LogP contribution >= 0.6 is 0 Å². The highest BCUT2D eigenvalue weighted by molar-refractivity contribution is 6.06. The highest BCUT2D eigenvalue weighted by atomic mass is 16.2. The zero-order valence-corrected chi connectivity index (χ0v) is 19.4. The van der Waals surface area contributed by atoms with E-state index in [4.69, 9.17) is 0 Å². The lowest BCUT2D eigenvalue weighted by Crippen LogP contribution is -2.30. The number of para-hydroxylation sites is 1. The van der Waals surface area contributed by atoms with E-state index >= 15 is 0 Å². The number of hydrogen-bond donors (Lipinski definition) is 0. The maximum atomic E-state index is 13.8. The quantitative estimate of drug-likeness (QED) is 0.331. The van der Waals surface area contributed by atoms with Crippen LogP contribution in [0.15, 0.2) is 128 Å². The summed E-state index contributed by atoms with van der Waals surface area (Å²) in [6, 6.07) is 35.2. The molecule has 4 aromatic carbocycles. The zero-order chi connectivity index (χ0) is 23.6. The van der Waals surface area contributed by atoms with Gasteiger partial charge in [0, 0.05) is 23.1 Å². The Hall–Kier alpha value is -4.37. The van der Waals surface area contributed by atoms with Gasteiger partial charge in [0.15, 0.2) is 0 Å². The topological polar surface area (TPSA) is 23.6 Å². The summed E-state index contributed by atoms with van der Waals surface area (Å²) in [5.74, 6) is 0.0226. The van der Waals surface area contributed by atoms with Crippen LogP contribution in [0.4, 0.5) is 11.4 Å². The van der Waals surface area contributed by atoms with Crippen molar-refractivity contribution in [3.05, 3.63) is 155 Å². The molecule has 0 saturated carbocycles. The van der Waals surface area contributed by atoms with Gasteiger partial charge < -0.3 is 9.80 Å². The van der Waals surface area contributed by atoms with Gasteiger partial charge in [-0.2, -0.15) is 0 Å². The van der Waals surface area contributed by atoms with E-state index in [9.17, 15) is 4.79 Å². The molecule has 3 nitrogen and oxygen atoms in total. The normalized spacial score (nSPS) is 16.4. The van der Waals surface area contributed by atoms with Crippen LogP contribution < -0.4 is 9.80 Å². The average molecular weight is 455 g/mol. The van der Waals surface area contributed by atoms with Gasteiger partial charge in [0.2, 0.25) is 0 Å². The lowest BCUT2D eigenvalue weighted by atomic mass is 10.0. The van der Waals surface area contributed by atoms with Crippen LogP contribution in [-0.2, 0) is 13.0 Å². The molecule has 2 heterocycles. The van der Waals surface area contributed by atoms with E-state index in [1.165, 1.54) is 22.3 Å². The molecule has 2 aliphatic rings. The van der Waals surface area contributed by atoms with Crippen LogP contribution in [0.3, 0.4) is 0 Å². The van der Waals surface area contributed by atoms with E-state index < -0.39 is 0 Å². The predicted molar refractivity (Wildman–Crippen MR) is 143 cm³/mol. The van der Waals surface area contributed by atoms with Crippen LogP contribution in [0, 0.1) is 0 Å². The van der Waals surface area contributed by atoms with Gasteiger partial charge in [-0.1, -0.05) is 84.9 Å². The summed E-state index contributed by atoms with van der Waals surface area (Å²) in [6.07, 6.45) is 9.26. The molecule has 0 bridgehead atoms. The van der Waals surface area contributed by atoms with Gasteiger partial charge in [0.25, 0.3) is 5.91 Å². The molecule has 1 amide bonds. The molecule has 0 aliphatic carbocycles. The first kappa shape index (κ1) is 21.2. The first-order valence-electron chi connectivity index (χ1n) is 12.0. The summed E-state index contributed by atoms with van der Waals surface area (Å²) in [5.41, 5.74) is 7.62. The second-order valence-corrected chi connectivity index (χ2v) is 9.00. The monoisotopic (exact) mass is 454 g/mol. The SMILES string of the molecule is O=C(c1ccc(N2C=CC=CC2c2ccccc2)cc1)N1Cc2ccccc2Cc2ccccc21. The van der Waals surface area contributed by atoms with E-state index in [-0.39, 0.29) is 11.9 Å². The van der Waals surface area contributed by atoms with Crippen LogP contribution in [0.25, 0.3) is 0 Å². The minimum atomic E-state index is 0.0226. The Morgan fingerprint density at radius 3 is 2.17 bits per heavy atom. The van der Waals surface area contributed by atoms with Crippen LogP contribution in [0.2, 0.25) is 0 Å². The molecular formula is C32H26N2O. The Morgan fingerprint density at radius 1 is 0.686 bits per heavy atom. The van der Waals surface area contributed by atoms with Gasteiger partial charge >= 0.3 is 0 Å². The molecule has 6 rings (SSSR count). The van der Waals surface area contributed by atoms with Gasteiger partial charge in [-0.3, -0.25) is 4.79 Å². The molecule has 0 saturated heterocycles. The number of nitrogens with zero attached hydrogens (tertiary/aromatic N) is 2. The van der Waals surface area contributed by atoms with Gasteiger partial charge in [-0.15, -0.1) is 0 Å². The maximum absolute atomic E-state index is 13.8. The fraction of sp³-hybridized carbons (Fsp3) is 0.0938. The summed E-state index contributed by atoms with van der Waals surface area (Å²) < 4.78 is 0. The number of hydrogen-bond acceptors (Lipinski definition) is 2. The number of fused-ring (bicyclic) bond motifs is 2. The molecule has 35 heavy (non-hydrogen) atoms. The van der Waals surface area contributed by atoms with Gasteiger partial charge in [-0.25, -0.2) is 0 Å². The van der Waals surface area contributed by atoms with E-state index in [1.807, 2.05) is 53.4 Å². The van der Waals surface area contributed by atoms with Gasteiger partial charge in [0.1, 0.15) is 0 Å². The average Bonchev–Trinajstić information content (AvgIpc) is 3.10. The van der Waals surface area contributed by atoms with E-state index in [2.05, 4.69) is 83.9 Å². The Balaban J connectivity index is 1.31. The number of rotatable bonds is 3. The molecule has 1 atom stereocenters. The minimum Gasteiger partial charge on any atom is -0.337 e. The highest BCUT2D eigenvalue weighted by Crippen LogP contribution is 2.33. The second kappa shape index (κ2) is 9.11. The fourth-order valence-corrected chi connectivity index (χ4v) is 5.05. The lowest BCUT2D eigenvalue weighted by Gasteiger charge is -2.31. The first-order chi connectivity index (χ1) is 17.3. The van der Waals surface area contributed by atoms with E-state index in [1.54, 1.807) is 0 Å². The number of carbonyl (C=O) groups excluding carboxylic acids is 1. The summed E-state index contributed by atoms with van der Waals surface area (Å²) >= 11 is 0. The number of amides is 1. The van der Waals surface area contributed by atoms with Crippen molar-refractivity contribution in [2.45, 2.75) is 19.0 Å². The predicted octanol–water partition coefficient (Wildman–Crippen LogP) is 7.07. The number of benzene rings is 4. The van der Waals surface area contributed by atoms with Crippen molar-refractivity contribution in [1.82, 2.24) is 0 Å². The first-order valence-corrected chi connectivity index (χ1v) is 12.0. The molecule has 3 heteroatoms. The third kappa shape index (κ3) is 4.06. The number of anilines is 2. The Labute approximate surface area is 206 Å². The number of carbonyl (C=O) groups is 1. The van der Waals surface area contributed by atoms with Crippen LogP contribution in [0.5, 0.6) is 0 Å². The standard InChI is InChI=1S/C32H26N2O/c35-32(34-23-28-14-5-4-12-26(28)22-27-13-6-7-15-31(27)34)25-17-19-29(20-18-25)33-21-9-8-16-30(33)24-10-2-1-3-11-24/h1-21,30H,22-23H2. The largest absolute Gasteiger partial charge is 0.337 e. The molecule has 170 valence electrons. The summed E-state index contributed by atoms with van der Waals surface area (Å²) in [7, 11) is 0. The van der Waals surface area contributed by atoms with Crippen molar-refractivity contribution in [2.24, 2.45) is 0 Å². The van der Waals surface area contributed by atoms with Gasteiger partial charge in [0.05, 0.1) is 12.6 Å². The molecule has 0 radical (unpaired) electrons. The summed E-state index contributed by atoms with van der Waals surface area (Å²) in [5, 5.41) is 0. The Bertz CT molecular complexity index is 1420. The van der Waals surface area contributed by atoms with Crippen molar-refractivity contribution in [3.8, 4) is 0 Å².